The first kappa shape index (κ1) is 9.78. The average molecular weight is 216 g/mol. The van der Waals surface area contributed by atoms with Gasteiger partial charge in [0.15, 0.2) is 11.5 Å². The SMILES string of the molecule is Cc1ccn2c(C(C)(N)C3CC3)nnc2c1. The Balaban J connectivity index is 2.17. The van der Waals surface area contributed by atoms with Crippen LogP contribution in [0.3, 0.4) is 0 Å². The maximum Gasteiger partial charge on any atom is 0.161 e. The Kier molecular flexibility index (Phi) is 1.86. The van der Waals surface area contributed by atoms with Crippen molar-refractivity contribution >= 4 is 5.65 Å². The lowest BCUT2D eigenvalue weighted by atomic mass is 9.96. The lowest BCUT2D eigenvalue weighted by Crippen LogP contribution is -2.37. The molecule has 4 heteroatoms. The summed E-state index contributed by atoms with van der Waals surface area (Å²) in [7, 11) is 0. The van der Waals surface area contributed by atoms with Crippen molar-refractivity contribution in [3.63, 3.8) is 0 Å². The van der Waals surface area contributed by atoms with Crippen LogP contribution in [0.1, 0.15) is 31.2 Å². The van der Waals surface area contributed by atoms with Crippen LogP contribution in [0.4, 0.5) is 0 Å². The van der Waals surface area contributed by atoms with Crippen molar-refractivity contribution in [2.45, 2.75) is 32.2 Å². The maximum absolute atomic E-state index is 6.37. The highest BCUT2D eigenvalue weighted by atomic mass is 15.3. The van der Waals surface area contributed by atoms with E-state index in [0.29, 0.717) is 5.92 Å². The number of hydrogen-bond acceptors (Lipinski definition) is 3. The third-order valence-electron chi connectivity index (χ3n) is 3.47. The molecule has 1 fully saturated rings. The Hall–Kier alpha value is -1.42. The van der Waals surface area contributed by atoms with Crippen molar-refractivity contribution in [1.29, 1.82) is 0 Å². The van der Waals surface area contributed by atoms with E-state index < -0.39 is 0 Å². The molecule has 0 aromatic carbocycles. The second-order valence-electron chi connectivity index (χ2n) is 5.01. The van der Waals surface area contributed by atoms with Crippen LogP contribution in [0.5, 0.6) is 0 Å². The summed E-state index contributed by atoms with van der Waals surface area (Å²) < 4.78 is 2.01. The number of nitrogens with two attached hydrogens (primary N) is 1. The Morgan fingerprint density at radius 3 is 2.88 bits per heavy atom. The van der Waals surface area contributed by atoms with E-state index >= 15 is 0 Å². The van der Waals surface area contributed by atoms with E-state index in [9.17, 15) is 0 Å². The molecule has 1 aliphatic rings. The molecule has 0 bridgehead atoms. The van der Waals surface area contributed by atoms with Crippen LogP contribution in [-0.2, 0) is 5.54 Å². The molecule has 0 amide bonds. The van der Waals surface area contributed by atoms with Gasteiger partial charge in [-0.25, -0.2) is 0 Å². The molecule has 84 valence electrons. The van der Waals surface area contributed by atoms with Gasteiger partial charge < -0.3 is 5.73 Å². The van der Waals surface area contributed by atoms with Crippen LogP contribution in [0, 0.1) is 12.8 Å². The van der Waals surface area contributed by atoms with E-state index in [0.717, 1.165) is 11.5 Å². The lowest BCUT2D eigenvalue weighted by Gasteiger charge is -2.22. The van der Waals surface area contributed by atoms with Gasteiger partial charge in [-0.3, -0.25) is 4.40 Å². The molecule has 1 atom stereocenters. The highest BCUT2D eigenvalue weighted by Gasteiger charge is 2.42. The minimum absolute atomic E-state index is 0.353. The maximum atomic E-state index is 6.37. The number of fused-ring (bicyclic) bond motifs is 1. The van der Waals surface area contributed by atoms with Gasteiger partial charge in [-0.15, -0.1) is 10.2 Å². The Labute approximate surface area is 94.5 Å². The smallest absolute Gasteiger partial charge is 0.161 e. The van der Waals surface area contributed by atoms with E-state index in [1.54, 1.807) is 0 Å². The van der Waals surface area contributed by atoms with Gasteiger partial charge in [-0.05, 0) is 50.3 Å². The molecular weight excluding hydrogens is 200 g/mol. The van der Waals surface area contributed by atoms with Crippen molar-refractivity contribution < 1.29 is 0 Å². The number of nitrogens with zero attached hydrogens (tertiary/aromatic N) is 3. The number of pyridine rings is 1. The minimum Gasteiger partial charge on any atom is -0.319 e. The Morgan fingerprint density at radius 1 is 1.44 bits per heavy atom. The first-order valence-electron chi connectivity index (χ1n) is 5.70. The van der Waals surface area contributed by atoms with Crippen LogP contribution in [-0.4, -0.2) is 14.6 Å². The molecule has 2 aromatic heterocycles. The second kappa shape index (κ2) is 3.04. The molecule has 0 radical (unpaired) electrons. The molecule has 1 saturated carbocycles. The molecule has 2 aromatic rings. The third-order valence-corrected chi connectivity index (χ3v) is 3.47. The Morgan fingerprint density at radius 2 is 2.19 bits per heavy atom. The van der Waals surface area contributed by atoms with Crippen molar-refractivity contribution in [2.24, 2.45) is 11.7 Å². The Bertz CT molecular complexity index is 537. The summed E-state index contributed by atoms with van der Waals surface area (Å²) in [6.07, 6.45) is 4.41. The van der Waals surface area contributed by atoms with Gasteiger partial charge in [0, 0.05) is 6.20 Å². The zero-order valence-electron chi connectivity index (χ0n) is 9.64. The molecule has 2 N–H and O–H groups in total. The monoisotopic (exact) mass is 216 g/mol. The van der Waals surface area contributed by atoms with E-state index in [-0.39, 0.29) is 5.54 Å². The summed E-state index contributed by atoms with van der Waals surface area (Å²) in [6, 6.07) is 4.09. The van der Waals surface area contributed by atoms with Gasteiger partial charge >= 0.3 is 0 Å². The summed E-state index contributed by atoms with van der Waals surface area (Å²) in [6.45, 7) is 4.11. The zero-order valence-corrected chi connectivity index (χ0v) is 9.64. The van der Waals surface area contributed by atoms with Crippen LogP contribution >= 0.6 is 0 Å². The van der Waals surface area contributed by atoms with Crippen LogP contribution in [0.25, 0.3) is 5.65 Å². The third kappa shape index (κ3) is 1.33. The van der Waals surface area contributed by atoms with E-state index in [1.807, 2.05) is 16.7 Å². The highest BCUT2D eigenvalue weighted by molar-refractivity contribution is 5.41. The minimum atomic E-state index is -0.353. The summed E-state index contributed by atoms with van der Waals surface area (Å²) in [5.74, 6) is 1.44. The van der Waals surface area contributed by atoms with E-state index in [4.69, 9.17) is 5.73 Å². The lowest BCUT2D eigenvalue weighted by molar-refractivity contribution is 0.396. The van der Waals surface area contributed by atoms with Gasteiger partial charge in [0.05, 0.1) is 5.54 Å². The second-order valence-corrected chi connectivity index (χ2v) is 5.01. The summed E-state index contributed by atoms with van der Waals surface area (Å²) in [4.78, 5) is 0. The molecule has 4 nitrogen and oxygen atoms in total. The summed E-state index contributed by atoms with van der Waals surface area (Å²) in [5.41, 5.74) is 8.09. The molecular formula is C12H16N4. The van der Waals surface area contributed by atoms with Crippen molar-refractivity contribution in [2.75, 3.05) is 0 Å². The molecule has 0 spiro atoms. The molecule has 0 aliphatic heterocycles. The molecule has 2 heterocycles. The molecule has 3 rings (SSSR count). The van der Waals surface area contributed by atoms with Crippen molar-refractivity contribution in [3.8, 4) is 0 Å². The topological polar surface area (TPSA) is 56.2 Å². The van der Waals surface area contributed by atoms with Gasteiger partial charge in [-0.2, -0.15) is 0 Å². The molecule has 16 heavy (non-hydrogen) atoms. The van der Waals surface area contributed by atoms with Gasteiger partial charge in [0.2, 0.25) is 0 Å². The van der Waals surface area contributed by atoms with Crippen molar-refractivity contribution in [3.05, 3.63) is 29.7 Å². The van der Waals surface area contributed by atoms with Gasteiger partial charge in [0.25, 0.3) is 0 Å². The van der Waals surface area contributed by atoms with Gasteiger partial charge in [-0.1, -0.05) is 0 Å². The largest absolute Gasteiger partial charge is 0.319 e. The predicted octanol–water partition coefficient (Wildman–Crippen LogP) is 1.62. The van der Waals surface area contributed by atoms with Crippen molar-refractivity contribution in [1.82, 2.24) is 14.6 Å². The van der Waals surface area contributed by atoms with Gasteiger partial charge in [0.1, 0.15) is 0 Å². The van der Waals surface area contributed by atoms with Crippen LogP contribution in [0.2, 0.25) is 0 Å². The number of hydrogen-bond donors (Lipinski definition) is 1. The molecule has 1 unspecified atom stereocenters. The molecule has 0 saturated heterocycles. The first-order valence-corrected chi connectivity index (χ1v) is 5.70. The fourth-order valence-corrected chi connectivity index (χ4v) is 2.23. The summed E-state index contributed by atoms with van der Waals surface area (Å²) in [5, 5.41) is 8.45. The van der Waals surface area contributed by atoms with E-state index in [2.05, 4.69) is 30.1 Å². The van der Waals surface area contributed by atoms with Crippen LogP contribution in [0.15, 0.2) is 18.3 Å². The fraction of sp³-hybridized carbons (Fsp3) is 0.500. The quantitative estimate of drug-likeness (QED) is 0.830. The fourth-order valence-electron chi connectivity index (χ4n) is 2.23. The number of rotatable bonds is 2. The highest BCUT2D eigenvalue weighted by Crippen LogP contribution is 2.43. The molecule has 1 aliphatic carbocycles. The summed E-state index contributed by atoms with van der Waals surface area (Å²) >= 11 is 0. The van der Waals surface area contributed by atoms with Crippen LogP contribution < -0.4 is 5.73 Å². The first-order chi connectivity index (χ1) is 7.59. The number of aryl methyl sites for hydroxylation is 1. The standard InChI is InChI=1S/C12H16N4/c1-8-5-6-16-10(7-8)14-15-11(16)12(2,13)9-3-4-9/h5-7,9H,3-4,13H2,1-2H3. The average Bonchev–Trinajstić information content (AvgIpc) is 2.99. The normalized spacial score (nSPS) is 19.9. The zero-order chi connectivity index (χ0) is 11.3. The number of aromatic nitrogens is 3. The predicted molar refractivity (Wildman–Crippen MR) is 62.0 cm³/mol. The van der Waals surface area contributed by atoms with E-state index in [1.165, 1.54) is 18.4 Å².